The zero-order valence-corrected chi connectivity index (χ0v) is 18.6. The Labute approximate surface area is 193 Å². The van der Waals surface area contributed by atoms with Crippen LogP contribution in [-0.4, -0.2) is 59.6 Å². The Bertz CT molecular complexity index is 1390. The van der Waals surface area contributed by atoms with Crippen molar-refractivity contribution in [1.29, 1.82) is 0 Å². The molecule has 12 heteroatoms. The van der Waals surface area contributed by atoms with Gasteiger partial charge in [0.05, 0.1) is 19.6 Å². The van der Waals surface area contributed by atoms with Crippen LogP contribution in [-0.2, 0) is 6.54 Å². The van der Waals surface area contributed by atoms with Gasteiger partial charge in [0.15, 0.2) is 0 Å². The van der Waals surface area contributed by atoms with Crippen LogP contribution >= 0.6 is 0 Å². The first-order chi connectivity index (χ1) is 16.5. The van der Waals surface area contributed by atoms with Crippen LogP contribution in [0.4, 0.5) is 19.1 Å². The van der Waals surface area contributed by atoms with E-state index >= 15 is 0 Å². The Morgan fingerprint density at radius 1 is 1.29 bits per heavy atom. The number of benzene rings is 1. The van der Waals surface area contributed by atoms with Crippen molar-refractivity contribution >= 4 is 22.5 Å². The largest absolute Gasteiger partial charge is 0.479 e. The summed E-state index contributed by atoms with van der Waals surface area (Å²) in [6, 6.07) is 6.47. The highest BCUT2D eigenvalue weighted by Gasteiger charge is 2.30. The second-order valence-electron chi connectivity index (χ2n) is 8.87. The quantitative estimate of drug-likeness (QED) is 0.452. The minimum absolute atomic E-state index is 0.0624. The topological polar surface area (TPSA) is 102 Å². The number of nitrogens with one attached hydrogen (secondary N) is 1. The molecule has 5 rings (SSSR count). The maximum atomic E-state index is 13.0. The minimum atomic E-state index is -4.44. The first-order valence-electron chi connectivity index (χ1n) is 11.4. The number of aromatic nitrogens is 6. The zero-order chi connectivity index (χ0) is 25.0. The average Bonchev–Trinajstić information content (AvgIpc) is 3.34. The fraction of sp³-hybridized carbons (Fsp3) is 0.455. The number of alkyl halides is 3. The lowest BCUT2D eigenvalue weighted by atomic mass is 9.84. The molecule has 1 aliphatic rings. The van der Waals surface area contributed by atoms with Crippen molar-refractivity contribution in [2.24, 2.45) is 0 Å². The molecule has 0 atom stereocenters. The standard InChI is InChI=1S/C22H24F3N7O2/c1-21(33)8-5-14(6-9-21)26-20-27-19(34-2)18-15(7-10-31(18)29-20)13-3-4-16-17(11-13)32(30-28-16)12-22(23,24)25/h3-4,7,10-11,14,33H,5-6,8-9,12H2,1-2H3,(H,26,29)/i10D. The smallest absolute Gasteiger partial charge is 0.408 e. The molecule has 0 saturated heterocycles. The van der Waals surface area contributed by atoms with Gasteiger partial charge in [-0.05, 0) is 56.4 Å². The molecule has 1 aromatic carbocycles. The third kappa shape index (κ3) is 4.37. The van der Waals surface area contributed by atoms with E-state index in [1.807, 2.05) is 6.92 Å². The number of ether oxygens (including phenoxy) is 1. The Morgan fingerprint density at radius 3 is 2.76 bits per heavy atom. The number of methoxy groups -OCH3 is 1. The Hall–Kier alpha value is -3.41. The summed E-state index contributed by atoms with van der Waals surface area (Å²) in [5.41, 5.74) is 1.39. The third-order valence-corrected chi connectivity index (χ3v) is 6.15. The maximum absolute atomic E-state index is 13.0. The maximum Gasteiger partial charge on any atom is 0.408 e. The third-order valence-electron chi connectivity index (χ3n) is 6.15. The molecule has 1 fully saturated rings. The summed E-state index contributed by atoms with van der Waals surface area (Å²) in [4.78, 5) is 4.48. The Morgan fingerprint density at radius 2 is 2.06 bits per heavy atom. The minimum Gasteiger partial charge on any atom is -0.479 e. The van der Waals surface area contributed by atoms with Crippen LogP contribution in [0.15, 0.2) is 30.4 Å². The van der Waals surface area contributed by atoms with Crippen molar-refractivity contribution in [3.05, 3.63) is 30.4 Å². The van der Waals surface area contributed by atoms with Gasteiger partial charge in [-0.3, -0.25) is 0 Å². The fourth-order valence-electron chi connectivity index (χ4n) is 4.33. The van der Waals surface area contributed by atoms with Crippen LogP contribution in [0.2, 0.25) is 0 Å². The SMILES string of the molecule is [2H]c1cc(-c2ccc3nnn(CC(F)(F)F)c3c2)c2c(OC)nc(NC3CCC(C)(O)CC3)nn12. The molecule has 180 valence electrons. The lowest BCUT2D eigenvalue weighted by molar-refractivity contribution is -0.142. The van der Waals surface area contributed by atoms with Crippen LogP contribution in [0, 0.1) is 0 Å². The van der Waals surface area contributed by atoms with Gasteiger partial charge in [-0.2, -0.15) is 18.2 Å². The second kappa shape index (κ2) is 8.12. The predicted molar refractivity (Wildman–Crippen MR) is 119 cm³/mol. The molecule has 0 unspecified atom stereocenters. The predicted octanol–water partition coefficient (Wildman–Crippen LogP) is 3.82. The molecule has 0 bridgehead atoms. The van der Waals surface area contributed by atoms with Gasteiger partial charge >= 0.3 is 6.18 Å². The van der Waals surface area contributed by atoms with E-state index in [0.717, 1.165) is 17.5 Å². The molecule has 3 aromatic heterocycles. The molecular formula is C22H24F3N7O2. The highest BCUT2D eigenvalue weighted by molar-refractivity contribution is 5.89. The second-order valence-corrected chi connectivity index (χ2v) is 8.87. The molecule has 3 heterocycles. The molecule has 2 N–H and O–H groups in total. The number of halogens is 3. The number of fused-ring (bicyclic) bond motifs is 2. The summed E-state index contributed by atoms with van der Waals surface area (Å²) in [6.07, 6.45) is -1.56. The lowest BCUT2D eigenvalue weighted by Gasteiger charge is -2.33. The van der Waals surface area contributed by atoms with E-state index in [4.69, 9.17) is 6.11 Å². The van der Waals surface area contributed by atoms with Crippen molar-refractivity contribution in [1.82, 2.24) is 29.6 Å². The summed E-state index contributed by atoms with van der Waals surface area (Å²) >= 11 is 0. The number of anilines is 1. The first kappa shape index (κ1) is 21.1. The van der Waals surface area contributed by atoms with Crippen LogP contribution in [0.25, 0.3) is 27.7 Å². The van der Waals surface area contributed by atoms with Gasteiger partial charge in [0.1, 0.15) is 17.6 Å². The monoisotopic (exact) mass is 476 g/mol. The van der Waals surface area contributed by atoms with Crippen LogP contribution in [0.3, 0.4) is 0 Å². The van der Waals surface area contributed by atoms with Gasteiger partial charge in [-0.15, -0.1) is 10.2 Å². The molecule has 0 aliphatic heterocycles. The number of nitrogens with zero attached hydrogens (tertiary/aromatic N) is 6. The van der Waals surface area contributed by atoms with Gasteiger partial charge in [-0.25, -0.2) is 9.20 Å². The lowest BCUT2D eigenvalue weighted by Crippen LogP contribution is -2.36. The first-order valence-corrected chi connectivity index (χ1v) is 10.9. The number of hydrogen-bond acceptors (Lipinski definition) is 7. The molecule has 1 saturated carbocycles. The molecule has 1 aliphatic carbocycles. The Balaban J connectivity index is 1.53. The van der Waals surface area contributed by atoms with E-state index in [2.05, 4.69) is 25.7 Å². The van der Waals surface area contributed by atoms with Gasteiger partial charge < -0.3 is 15.2 Å². The number of hydrogen-bond donors (Lipinski definition) is 2. The summed E-state index contributed by atoms with van der Waals surface area (Å²) in [5.74, 6) is 0.514. The van der Waals surface area contributed by atoms with E-state index in [9.17, 15) is 18.3 Å². The highest BCUT2D eigenvalue weighted by Crippen LogP contribution is 2.34. The van der Waals surface area contributed by atoms with Crippen LogP contribution in [0.1, 0.15) is 34.0 Å². The Kier molecular flexibility index (Phi) is 5.05. The van der Waals surface area contributed by atoms with E-state index in [1.54, 1.807) is 24.3 Å². The van der Waals surface area contributed by atoms with E-state index in [-0.39, 0.29) is 23.6 Å². The van der Waals surface area contributed by atoms with Gasteiger partial charge in [0.2, 0.25) is 11.8 Å². The highest BCUT2D eigenvalue weighted by atomic mass is 19.4. The summed E-state index contributed by atoms with van der Waals surface area (Å²) in [7, 11) is 1.45. The van der Waals surface area contributed by atoms with Crippen molar-refractivity contribution in [2.45, 2.75) is 57.0 Å². The van der Waals surface area contributed by atoms with Gasteiger partial charge in [0, 0.05) is 17.8 Å². The summed E-state index contributed by atoms with van der Waals surface area (Å²) in [5, 5.41) is 25.3. The number of aliphatic hydroxyl groups is 1. The molecule has 0 radical (unpaired) electrons. The molecule has 0 amide bonds. The fourth-order valence-corrected chi connectivity index (χ4v) is 4.33. The molecule has 9 nitrogen and oxygen atoms in total. The van der Waals surface area contributed by atoms with Gasteiger partial charge in [-0.1, -0.05) is 11.3 Å². The van der Waals surface area contributed by atoms with Crippen LogP contribution < -0.4 is 10.1 Å². The van der Waals surface area contributed by atoms with Crippen LogP contribution in [0.5, 0.6) is 5.88 Å². The summed E-state index contributed by atoms with van der Waals surface area (Å²) < 4.78 is 55.0. The van der Waals surface area contributed by atoms with E-state index < -0.39 is 18.3 Å². The average molecular weight is 476 g/mol. The zero-order valence-electron chi connectivity index (χ0n) is 19.6. The molecule has 34 heavy (non-hydrogen) atoms. The summed E-state index contributed by atoms with van der Waals surface area (Å²) in [6.45, 7) is 0.567. The van der Waals surface area contributed by atoms with Crippen molar-refractivity contribution in [3.8, 4) is 17.0 Å². The van der Waals surface area contributed by atoms with Crippen molar-refractivity contribution < 1.29 is 24.4 Å². The number of rotatable bonds is 5. The van der Waals surface area contributed by atoms with E-state index in [1.165, 1.54) is 11.6 Å². The van der Waals surface area contributed by atoms with Crippen molar-refractivity contribution in [2.75, 3.05) is 12.4 Å². The van der Waals surface area contributed by atoms with Crippen molar-refractivity contribution in [3.63, 3.8) is 0 Å². The normalized spacial score (nSPS) is 21.7. The molecular weight excluding hydrogens is 451 g/mol. The molecule has 0 spiro atoms. The van der Waals surface area contributed by atoms with Gasteiger partial charge in [0.25, 0.3) is 0 Å². The van der Waals surface area contributed by atoms with E-state index in [0.29, 0.717) is 41.0 Å². The molecule has 4 aromatic rings.